The average molecular weight is 444 g/mol. The highest BCUT2D eigenvalue weighted by atomic mass is 16.5. The zero-order chi connectivity index (χ0) is 23.7. The van der Waals surface area contributed by atoms with Gasteiger partial charge in [-0.1, -0.05) is 67.6 Å². The predicted molar refractivity (Wildman–Crippen MR) is 136 cm³/mol. The molecule has 0 aliphatic heterocycles. The number of hydrogen-bond acceptors (Lipinski definition) is 4. The quantitative estimate of drug-likeness (QED) is 0.342. The predicted octanol–water partition coefficient (Wildman–Crippen LogP) is 6.37. The monoisotopic (exact) mass is 443 g/mol. The first-order valence-corrected chi connectivity index (χ1v) is 11.5. The molecule has 0 aromatic heterocycles. The lowest BCUT2D eigenvalue weighted by Gasteiger charge is -2.41. The lowest BCUT2D eigenvalue weighted by molar-refractivity contribution is -0.147. The van der Waals surface area contributed by atoms with Crippen molar-refractivity contribution in [3.8, 4) is 5.75 Å². The summed E-state index contributed by atoms with van der Waals surface area (Å²) in [6, 6.07) is 28.2. The van der Waals surface area contributed by atoms with Crippen molar-refractivity contribution in [3.63, 3.8) is 0 Å². The van der Waals surface area contributed by atoms with Gasteiger partial charge in [0.2, 0.25) is 0 Å². The Kier molecular flexibility index (Phi) is 8.31. The second-order valence-electron chi connectivity index (χ2n) is 7.73. The molecule has 0 aliphatic rings. The molecule has 3 rings (SSSR count). The van der Waals surface area contributed by atoms with Crippen molar-refractivity contribution < 1.29 is 14.3 Å². The van der Waals surface area contributed by atoms with Gasteiger partial charge in [0, 0.05) is 12.2 Å². The first kappa shape index (κ1) is 24.1. The van der Waals surface area contributed by atoms with Crippen molar-refractivity contribution in [3.05, 3.63) is 102 Å². The molecule has 172 valence electrons. The fourth-order valence-electron chi connectivity index (χ4n) is 4.21. The van der Waals surface area contributed by atoms with Gasteiger partial charge in [0.25, 0.3) is 0 Å². The van der Waals surface area contributed by atoms with Gasteiger partial charge in [-0.25, -0.2) is 4.79 Å². The Balaban J connectivity index is 2.26. The maximum Gasteiger partial charge on any atom is 0.336 e. The van der Waals surface area contributed by atoms with Gasteiger partial charge in [-0.05, 0) is 67.3 Å². The Hall–Kier alpha value is -3.53. The van der Waals surface area contributed by atoms with Crippen LogP contribution in [0, 0.1) is 0 Å². The van der Waals surface area contributed by atoms with Crippen LogP contribution in [-0.2, 0) is 9.53 Å². The van der Waals surface area contributed by atoms with Crippen LogP contribution in [-0.4, -0.2) is 31.8 Å². The number of carbonyl (C=O) groups is 1. The Morgan fingerprint density at radius 3 is 1.82 bits per heavy atom. The zero-order valence-corrected chi connectivity index (χ0v) is 20.0. The fourth-order valence-corrected chi connectivity index (χ4v) is 4.21. The van der Waals surface area contributed by atoms with Crippen LogP contribution in [0.4, 0.5) is 5.69 Å². The highest BCUT2D eigenvalue weighted by Gasteiger charge is 2.42. The first-order valence-electron chi connectivity index (χ1n) is 11.5. The molecular formula is C29H33NO3. The molecule has 0 spiro atoms. The third kappa shape index (κ3) is 5.28. The third-order valence-electron chi connectivity index (χ3n) is 5.90. The summed E-state index contributed by atoms with van der Waals surface area (Å²) in [5.41, 5.74) is 3.05. The number of anilines is 1. The van der Waals surface area contributed by atoms with Crippen LogP contribution in [0.5, 0.6) is 5.75 Å². The SMILES string of the molecule is CCOC(=O)C(C=C(c1ccccc1)c1ccccc1)(CC)N(CC)c1ccc(OC)cc1. The smallest absolute Gasteiger partial charge is 0.336 e. The van der Waals surface area contributed by atoms with Gasteiger partial charge < -0.3 is 14.4 Å². The van der Waals surface area contributed by atoms with Gasteiger partial charge in [0.1, 0.15) is 5.75 Å². The lowest BCUT2D eigenvalue weighted by atomic mass is 9.86. The Labute approximate surface area is 197 Å². The van der Waals surface area contributed by atoms with Crippen LogP contribution in [0.25, 0.3) is 5.57 Å². The number of carbonyl (C=O) groups excluding carboxylic acids is 1. The number of esters is 1. The van der Waals surface area contributed by atoms with Gasteiger partial charge in [0.05, 0.1) is 13.7 Å². The van der Waals surface area contributed by atoms with Crippen LogP contribution in [0.1, 0.15) is 38.3 Å². The summed E-state index contributed by atoms with van der Waals surface area (Å²) < 4.78 is 11.0. The number of hydrogen-bond donors (Lipinski definition) is 0. The molecule has 1 unspecified atom stereocenters. The molecule has 33 heavy (non-hydrogen) atoms. The summed E-state index contributed by atoms with van der Waals surface area (Å²) in [7, 11) is 1.65. The van der Waals surface area contributed by atoms with Crippen LogP contribution in [0.15, 0.2) is 91.0 Å². The van der Waals surface area contributed by atoms with Crippen molar-refractivity contribution in [2.75, 3.05) is 25.2 Å². The molecule has 0 fully saturated rings. The molecular weight excluding hydrogens is 410 g/mol. The number of methoxy groups -OCH3 is 1. The van der Waals surface area contributed by atoms with Crippen molar-refractivity contribution in [1.82, 2.24) is 0 Å². The van der Waals surface area contributed by atoms with E-state index in [1.165, 1.54) is 0 Å². The second kappa shape index (κ2) is 11.4. The fraction of sp³-hybridized carbons (Fsp3) is 0.276. The van der Waals surface area contributed by atoms with Gasteiger partial charge in [0.15, 0.2) is 5.54 Å². The van der Waals surface area contributed by atoms with E-state index < -0.39 is 5.54 Å². The highest BCUT2D eigenvalue weighted by Crippen LogP contribution is 2.35. The van der Waals surface area contributed by atoms with E-state index in [0.717, 1.165) is 28.1 Å². The van der Waals surface area contributed by atoms with Crippen LogP contribution in [0.3, 0.4) is 0 Å². The van der Waals surface area contributed by atoms with E-state index in [1.54, 1.807) is 7.11 Å². The molecule has 0 saturated heterocycles. The van der Waals surface area contributed by atoms with Crippen molar-refractivity contribution >= 4 is 17.2 Å². The minimum Gasteiger partial charge on any atom is -0.497 e. The molecule has 4 nitrogen and oxygen atoms in total. The minimum absolute atomic E-state index is 0.255. The molecule has 4 heteroatoms. The zero-order valence-electron chi connectivity index (χ0n) is 20.0. The summed E-state index contributed by atoms with van der Waals surface area (Å²) in [6.07, 6.45) is 2.64. The third-order valence-corrected chi connectivity index (χ3v) is 5.90. The summed E-state index contributed by atoms with van der Waals surface area (Å²) >= 11 is 0. The average Bonchev–Trinajstić information content (AvgIpc) is 2.88. The second-order valence-corrected chi connectivity index (χ2v) is 7.73. The molecule has 0 amide bonds. The van der Waals surface area contributed by atoms with E-state index >= 15 is 0 Å². The van der Waals surface area contributed by atoms with E-state index in [0.29, 0.717) is 19.6 Å². The summed E-state index contributed by atoms with van der Waals surface area (Å²) in [6.45, 7) is 6.90. The standard InChI is InChI=1S/C29H33NO3/c1-5-29(28(31)33-7-3,30(6-2)25-18-20-26(32-4)21-19-25)22-27(23-14-10-8-11-15-23)24-16-12-9-13-17-24/h8-22H,5-7H2,1-4H3. The number of benzene rings is 3. The summed E-state index contributed by atoms with van der Waals surface area (Å²) in [5, 5.41) is 0. The van der Waals surface area contributed by atoms with Gasteiger partial charge >= 0.3 is 5.97 Å². The van der Waals surface area contributed by atoms with Gasteiger partial charge in [-0.2, -0.15) is 0 Å². The molecule has 3 aromatic carbocycles. The van der Waals surface area contributed by atoms with E-state index in [-0.39, 0.29) is 5.97 Å². The Morgan fingerprint density at radius 2 is 1.39 bits per heavy atom. The molecule has 3 aromatic rings. The molecule has 1 atom stereocenters. The number of ether oxygens (including phenoxy) is 2. The summed E-state index contributed by atoms with van der Waals surface area (Å²) in [4.78, 5) is 15.8. The van der Waals surface area contributed by atoms with Crippen LogP contribution in [0.2, 0.25) is 0 Å². The topological polar surface area (TPSA) is 38.8 Å². The maximum atomic E-state index is 13.7. The van der Waals surface area contributed by atoms with Crippen molar-refractivity contribution in [1.29, 1.82) is 0 Å². The maximum absolute atomic E-state index is 13.7. The molecule has 0 heterocycles. The van der Waals surface area contributed by atoms with E-state index in [4.69, 9.17) is 9.47 Å². The molecule has 0 bridgehead atoms. The molecule has 0 aliphatic carbocycles. The van der Waals surface area contributed by atoms with E-state index in [9.17, 15) is 4.79 Å². The van der Waals surface area contributed by atoms with E-state index in [1.807, 2.05) is 74.5 Å². The van der Waals surface area contributed by atoms with Gasteiger partial charge in [-0.3, -0.25) is 0 Å². The largest absolute Gasteiger partial charge is 0.497 e. The highest BCUT2D eigenvalue weighted by molar-refractivity contribution is 5.93. The van der Waals surface area contributed by atoms with Crippen LogP contribution >= 0.6 is 0 Å². The van der Waals surface area contributed by atoms with E-state index in [2.05, 4.69) is 42.2 Å². The molecule has 0 N–H and O–H groups in total. The number of nitrogens with zero attached hydrogens (tertiary/aromatic N) is 1. The van der Waals surface area contributed by atoms with Crippen LogP contribution < -0.4 is 9.64 Å². The summed E-state index contributed by atoms with van der Waals surface area (Å²) in [5.74, 6) is 0.521. The molecule has 0 saturated carbocycles. The Bertz CT molecular complexity index is 1000. The molecule has 0 radical (unpaired) electrons. The lowest BCUT2D eigenvalue weighted by Crippen LogP contribution is -2.54. The van der Waals surface area contributed by atoms with Crippen molar-refractivity contribution in [2.45, 2.75) is 32.7 Å². The first-order chi connectivity index (χ1) is 16.1. The number of rotatable bonds is 10. The number of likely N-dealkylation sites (N-methyl/N-ethyl adjacent to an activating group) is 1. The minimum atomic E-state index is -0.986. The normalized spacial score (nSPS) is 12.4. The van der Waals surface area contributed by atoms with Crippen molar-refractivity contribution in [2.24, 2.45) is 0 Å². The van der Waals surface area contributed by atoms with Gasteiger partial charge in [-0.15, -0.1) is 0 Å². The Morgan fingerprint density at radius 1 is 0.848 bits per heavy atom.